The fourth-order valence-electron chi connectivity index (χ4n) is 0.452. The minimum absolute atomic E-state index is 0.164. The number of methoxy groups -OCH3 is 1. The van der Waals surface area contributed by atoms with Crippen LogP contribution in [0.1, 0.15) is 0 Å². The van der Waals surface area contributed by atoms with Gasteiger partial charge in [-0.05, 0) is 0 Å². The maximum Gasteiger partial charge on any atom is 0.361 e. The summed E-state index contributed by atoms with van der Waals surface area (Å²) in [5.74, 6) is -0.164. The topological polar surface area (TPSA) is 92.7 Å². The molecule has 92 valence electrons. The van der Waals surface area contributed by atoms with Gasteiger partial charge >= 0.3 is 5.97 Å². The zero-order valence-electron chi connectivity index (χ0n) is 9.51. The molecule has 0 saturated heterocycles. The van der Waals surface area contributed by atoms with Crippen molar-refractivity contribution in [3.63, 3.8) is 0 Å². The van der Waals surface area contributed by atoms with Crippen LogP contribution in [-0.2, 0) is 24.1 Å². The summed E-state index contributed by atoms with van der Waals surface area (Å²) in [6.07, 6.45) is 0. The third kappa shape index (κ3) is 19.6. The Hall–Kier alpha value is -0.700. The Bertz CT molecular complexity index is 278. The molecule has 0 N–H and O–H groups in total. The number of nitrogens with zero attached hydrogens (tertiary/aromatic N) is 1. The smallest absolute Gasteiger partial charge is 0.361 e. The molecule has 0 aliphatic rings. The monoisotopic (exact) mass is 243 g/mol. The molecule has 0 amide bonds. The van der Waals surface area contributed by atoms with E-state index in [0.29, 0.717) is 11.0 Å². The van der Waals surface area contributed by atoms with Gasteiger partial charge in [-0.15, -0.1) is 0 Å². The van der Waals surface area contributed by atoms with Gasteiger partial charge < -0.3 is 13.8 Å². The Kier molecular flexibility index (Phi) is 7.49. The van der Waals surface area contributed by atoms with E-state index in [0.717, 1.165) is 7.11 Å². The first kappa shape index (κ1) is 16.7. The van der Waals surface area contributed by atoms with Gasteiger partial charge in [0.05, 0.1) is 35.4 Å². The summed E-state index contributed by atoms with van der Waals surface area (Å²) in [5, 5.41) is 0. The van der Waals surface area contributed by atoms with E-state index in [2.05, 4.69) is 8.92 Å². The standard InChI is InChI=1S/C6H14NO2.CH4O4S/c1-7(2,3)5-6(8)9-4;1-5-6(2,3)4/h5H2,1-4H3;1H3,(H,2,3,4)/q+1;/p-1. The Labute approximate surface area is 90.1 Å². The molecule has 15 heavy (non-hydrogen) atoms. The van der Waals surface area contributed by atoms with Gasteiger partial charge in [-0.2, -0.15) is 0 Å². The summed E-state index contributed by atoms with van der Waals surface area (Å²) < 4.78 is 36.1. The molecule has 0 aromatic rings. The zero-order valence-corrected chi connectivity index (χ0v) is 10.3. The Morgan fingerprint density at radius 2 is 1.60 bits per heavy atom. The molecule has 0 radical (unpaired) electrons. The molecular weight excluding hydrogens is 226 g/mol. The molecule has 8 heteroatoms. The number of likely N-dealkylation sites (N-methyl/N-ethyl adjacent to an activating group) is 1. The fraction of sp³-hybridized carbons (Fsp3) is 0.857. The molecule has 0 saturated carbocycles. The van der Waals surface area contributed by atoms with Crippen LogP contribution in [0.4, 0.5) is 0 Å². The van der Waals surface area contributed by atoms with Crippen molar-refractivity contribution < 1.29 is 31.2 Å². The molecule has 0 spiro atoms. The van der Waals surface area contributed by atoms with E-state index < -0.39 is 10.4 Å². The molecule has 0 heterocycles. The normalized spacial score (nSPS) is 11.3. The first-order chi connectivity index (χ1) is 6.52. The predicted octanol–water partition coefficient (Wildman–Crippen LogP) is -1.04. The fourth-order valence-corrected chi connectivity index (χ4v) is 0.452. The zero-order chi connectivity index (χ0) is 12.7. The number of quaternary nitrogens is 1. The predicted molar refractivity (Wildman–Crippen MR) is 51.6 cm³/mol. The maximum atomic E-state index is 10.6. The summed E-state index contributed by atoms with van der Waals surface area (Å²) in [5.41, 5.74) is 0. The quantitative estimate of drug-likeness (QED) is 0.272. The number of carbonyl (C=O) groups is 1. The summed E-state index contributed by atoms with van der Waals surface area (Å²) >= 11 is 0. The number of esters is 1. The Morgan fingerprint density at radius 3 is 1.67 bits per heavy atom. The average Bonchev–Trinajstić information content (AvgIpc) is 2.01. The second-order valence-corrected chi connectivity index (χ2v) is 4.75. The van der Waals surface area contributed by atoms with Gasteiger partial charge in [0.25, 0.3) is 0 Å². The minimum Gasteiger partial charge on any atom is -0.726 e. The largest absolute Gasteiger partial charge is 0.726 e. The van der Waals surface area contributed by atoms with Crippen molar-refractivity contribution in [2.24, 2.45) is 0 Å². The lowest BCUT2D eigenvalue weighted by atomic mass is 10.5. The maximum absolute atomic E-state index is 10.6. The average molecular weight is 243 g/mol. The van der Waals surface area contributed by atoms with Crippen molar-refractivity contribution in [2.75, 3.05) is 41.9 Å². The third-order valence-corrected chi connectivity index (χ3v) is 1.44. The van der Waals surface area contributed by atoms with Gasteiger partial charge in [0.15, 0.2) is 6.54 Å². The highest BCUT2D eigenvalue weighted by molar-refractivity contribution is 7.80. The van der Waals surface area contributed by atoms with Gasteiger partial charge in [0.1, 0.15) is 0 Å². The SMILES string of the molecule is COC(=O)C[N+](C)(C)C.COS(=O)(=O)[O-]. The van der Waals surface area contributed by atoms with E-state index >= 15 is 0 Å². The Balaban J connectivity index is 0. The van der Waals surface area contributed by atoms with Crippen LogP contribution >= 0.6 is 0 Å². The van der Waals surface area contributed by atoms with E-state index in [1.54, 1.807) is 0 Å². The van der Waals surface area contributed by atoms with Gasteiger partial charge in [-0.1, -0.05) is 0 Å². The second kappa shape index (κ2) is 6.72. The van der Waals surface area contributed by atoms with E-state index in [1.165, 1.54) is 7.11 Å². The van der Waals surface area contributed by atoms with Crippen LogP contribution < -0.4 is 0 Å². The number of ether oxygens (including phenoxy) is 1. The summed E-state index contributed by atoms with van der Waals surface area (Å²) in [7, 11) is 3.62. The lowest BCUT2D eigenvalue weighted by Gasteiger charge is -2.21. The van der Waals surface area contributed by atoms with Crippen molar-refractivity contribution in [1.82, 2.24) is 0 Å². The van der Waals surface area contributed by atoms with Crippen LogP contribution in [0, 0.1) is 0 Å². The first-order valence-corrected chi connectivity index (χ1v) is 5.24. The molecule has 0 unspecified atom stereocenters. The van der Waals surface area contributed by atoms with Crippen LogP contribution in [0.5, 0.6) is 0 Å². The lowest BCUT2D eigenvalue weighted by Crippen LogP contribution is -2.39. The van der Waals surface area contributed by atoms with Gasteiger partial charge in [-0.3, -0.25) is 4.18 Å². The van der Waals surface area contributed by atoms with Crippen molar-refractivity contribution in [1.29, 1.82) is 0 Å². The van der Waals surface area contributed by atoms with Crippen LogP contribution in [-0.4, -0.2) is 65.3 Å². The summed E-state index contributed by atoms with van der Waals surface area (Å²) in [6, 6.07) is 0. The molecule has 7 nitrogen and oxygen atoms in total. The lowest BCUT2D eigenvalue weighted by molar-refractivity contribution is -0.862. The first-order valence-electron chi connectivity index (χ1n) is 3.90. The van der Waals surface area contributed by atoms with Crippen LogP contribution in [0.2, 0.25) is 0 Å². The third-order valence-electron chi connectivity index (χ3n) is 1.04. The molecular formula is C7H17NO6S. The van der Waals surface area contributed by atoms with Crippen molar-refractivity contribution >= 4 is 16.4 Å². The summed E-state index contributed by atoms with van der Waals surface area (Å²) in [4.78, 5) is 10.6. The van der Waals surface area contributed by atoms with Crippen LogP contribution in [0.3, 0.4) is 0 Å². The summed E-state index contributed by atoms with van der Waals surface area (Å²) in [6.45, 7) is 0.427. The molecule has 0 aromatic heterocycles. The van der Waals surface area contributed by atoms with Gasteiger partial charge in [-0.25, -0.2) is 13.2 Å². The van der Waals surface area contributed by atoms with E-state index in [4.69, 9.17) is 0 Å². The number of rotatable bonds is 3. The van der Waals surface area contributed by atoms with E-state index in [-0.39, 0.29) is 5.97 Å². The van der Waals surface area contributed by atoms with Crippen LogP contribution in [0.15, 0.2) is 0 Å². The Morgan fingerprint density at radius 1 is 1.27 bits per heavy atom. The molecule has 0 aromatic carbocycles. The van der Waals surface area contributed by atoms with E-state index in [1.807, 2.05) is 21.1 Å². The van der Waals surface area contributed by atoms with E-state index in [9.17, 15) is 17.8 Å². The van der Waals surface area contributed by atoms with Gasteiger partial charge in [0.2, 0.25) is 10.4 Å². The molecule has 0 rings (SSSR count). The highest BCUT2D eigenvalue weighted by atomic mass is 32.3. The molecule has 0 aliphatic carbocycles. The highest BCUT2D eigenvalue weighted by Gasteiger charge is 2.13. The highest BCUT2D eigenvalue weighted by Crippen LogP contribution is 1.89. The van der Waals surface area contributed by atoms with Crippen molar-refractivity contribution in [2.45, 2.75) is 0 Å². The number of carbonyl (C=O) groups excluding carboxylic acids is 1. The van der Waals surface area contributed by atoms with Crippen LogP contribution in [0.25, 0.3) is 0 Å². The van der Waals surface area contributed by atoms with Crippen molar-refractivity contribution in [3.05, 3.63) is 0 Å². The molecule has 0 bridgehead atoms. The molecule has 0 aliphatic heterocycles. The van der Waals surface area contributed by atoms with Crippen molar-refractivity contribution in [3.8, 4) is 0 Å². The number of hydrogen-bond donors (Lipinski definition) is 0. The number of hydrogen-bond acceptors (Lipinski definition) is 6. The minimum atomic E-state index is -4.41. The molecule has 0 fully saturated rings. The molecule has 0 atom stereocenters. The second-order valence-electron chi connectivity index (χ2n) is 3.60. The van der Waals surface area contributed by atoms with Gasteiger partial charge in [0, 0.05) is 0 Å².